The van der Waals surface area contributed by atoms with Crippen molar-refractivity contribution in [1.82, 2.24) is 0 Å². The number of hydrogen-bond acceptors (Lipinski definition) is 5. The molecule has 0 aromatic carbocycles. The third-order valence-corrected chi connectivity index (χ3v) is 0.824. The number of aliphatic hydroxyl groups is 3. The largest absolute Gasteiger partial charge is 0.512 e. The van der Waals surface area contributed by atoms with Crippen LogP contribution in [0.5, 0.6) is 0 Å². The molecule has 0 fully saturated rings. The van der Waals surface area contributed by atoms with Crippen molar-refractivity contribution in [2.45, 2.75) is 27.7 Å². The first-order valence-corrected chi connectivity index (χ1v) is 4.46. The molecule has 5 nitrogen and oxygen atoms in total. The molecule has 3 N–H and O–H groups in total. The number of carbonyl (C=O) groups is 2. The maximum absolute atomic E-state index is 10.0. The first-order valence-electron chi connectivity index (χ1n) is 4.46. The van der Waals surface area contributed by atoms with Crippen molar-refractivity contribution >= 4 is 11.6 Å². The minimum atomic E-state index is -0.125. The van der Waals surface area contributed by atoms with Crippen LogP contribution in [0.2, 0.25) is 0 Å². The monoisotopic (exact) mass is 295 g/mol. The summed E-state index contributed by atoms with van der Waals surface area (Å²) in [6, 6.07) is 0. The molecule has 0 rings (SSSR count). The smallest absolute Gasteiger partial charge is 0.155 e. The summed E-state index contributed by atoms with van der Waals surface area (Å²) in [6.07, 6.45) is 2.33. The second-order valence-corrected chi connectivity index (χ2v) is 2.79. The van der Waals surface area contributed by atoms with E-state index >= 15 is 0 Å². The summed E-state index contributed by atoms with van der Waals surface area (Å²) >= 11 is 0. The molecule has 0 aromatic heterocycles. The van der Waals surface area contributed by atoms with Gasteiger partial charge in [0.25, 0.3) is 0 Å². The summed E-state index contributed by atoms with van der Waals surface area (Å²) < 4.78 is 0. The first-order chi connectivity index (χ1) is 7.25. The summed E-state index contributed by atoms with van der Waals surface area (Å²) in [6.45, 7) is 5.70. The van der Waals surface area contributed by atoms with E-state index in [1.165, 1.54) is 39.8 Å². The van der Waals surface area contributed by atoms with E-state index in [-0.39, 0.29) is 52.2 Å². The maximum atomic E-state index is 10.0. The van der Waals surface area contributed by atoms with Gasteiger partial charge in [0.1, 0.15) is 0 Å². The fourth-order valence-corrected chi connectivity index (χ4v) is 0.588. The standard InChI is InChI=1S/2C5H8O2.CH4O.CH3.Ti/c2*1-4(6)3-5(2)7;1-2;;/h2*3,6H,1-2H3;2H,1H3;1H3;/q;;;-1;. The van der Waals surface area contributed by atoms with Gasteiger partial charge >= 0.3 is 0 Å². The first kappa shape index (κ1) is 30.3. The van der Waals surface area contributed by atoms with Crippen molar-refractivity contribution in [2.24, 2.45) is 0 Å². The van der Waals surface area contributed by atoms with Gasteiger partial charge in [-0.15, -0.1) is 0 Å². The Hall–Kier alpha value is -0.906. The van der Waals surface area contributed by atoms with Gasteiger partial charge < -0.3 is 22.7 Å². The zero-order valence-corrected chi connectivity index (χ0v) is 13.4. The number of hydrogen-bond donors (Lipinski definition) is 3. The number of ketones is 2. The quantitative estimate of drug-likeness (QED) is 0.314. The topological polar surface area (TPSA) is 94.8 Å². The molecule has 106 valence electrons. The fourth-order valence-electron chi connectivity index (χ4n) is 0.588. The number of allylic oxidation sites excluding steroid dienone is 4. The molecule has 0 aliphatic heterocycles. The van der Waals surface area contributed by atoms with Gasteiger partial charge in [0.05, 0.1) is 11.5 Å². The Morgan fingerprint density at radius 3 is 0.944 bits per heavy atom. The summed E-state index contributed by atoms with van der Waals surface area (Å²) in [5, 5.41) is 23.7. The van der Waals surface area contributed by atoms with Gasteiger partial charge in [-0.05, 0) is 27.7 Å². The van der Waals surface area contributed by atoms with Crippen molar-refractivity contribution in [3.05, 3.63) is 31.1 Å². The van der Waals surface area contributed by atoms with E-state index in [9.17, 15) is 9.59 Å². The van der Waals surface area contributed by atoms with Gasteiger partial charge in [0.15, 0.2) is 11.6 Å². The van der Waals surface area contributed by atoms with Crippen LogP contribution < -0.4 is 0 Å². The van der Waals surface area contributed by atoms with Crippen molar-refractivity contribution < 1.29 is 46.6 Å². The molecule has 18 heavy (non-hydrogen) atoms. The predicted molar refractivity (Wildman–Crippen MR) is 68.7 cm³/mol. The van der Waals surface area contributed by atoms with Gasteiger partial charge in [0, 0.05) is 41.0 Å². The molecule has 0 aliphatic rings. The molecule has 0 radical (unpaired) electrons. The minimum absolute atomic E-state index is 0. The number of rotatable bonds is 2. The van der Waals surface area contributed by atoms with Crippen LogP contribution in [0.25, 0.3) is 0 Å². The van der Waals surface area contributed by atoms with Gasteiger partial charge in [-0.3, -0.25) is 9.59 Å². The molecular weight excluding hydrogens is 272 g/mol. The van der Waals surface area contributed by atoms with Crippen LogP contribution in [0.3, 0.4) is 0 Å². The van der Waals surface area contributed by atoms with Crippen molar-refractivity contribution in [3.63, 3.8) is 0 Å². The second kappa shape index (κ2) is 21.4. The van der Waals surface area contributed by atoms with Crippen LogP contribution in [-0.2, 0) is 31.3 Å². The van der Waals surface area contributed by atoms with Crippen molar-refractivity contribution in [2.75, 3.05) is 7.11 Å². The van der Waals surface area contributed by atoms with E-state index in [2.05, 4.69) is 0 Å². The van der Waals surface area contributed by atoms with E-state index in [1.54, 1.807) is 0 Å². The normalized spacial score (nSPS) is 9.22. The van der Waals surface area contributed by atoms with Crippen LogP contribution in [0.15, 0.2) is 23.7 Å². The molecule has 0 saturated heterocycles. The molecule has 0 spiro atoms. The third-order valence-electron chi connectivity index (χ3n) is 0.824. The molecule has 0 heterocycles. The van der Waals surface area contributed by atoms with Gasteiger partial charge in [0.2, 0.25) is 0 Å². The summed E-state index contributed by atoms with van der Waals surface area (Å²) in [5.41, 5.74) is 0. The Labute approximate surface area is 124 Å². The number of aliphatic hydroxyl groups excluding tert-OH is 3. The third kappa shape index (κ3) is 59.6. The Bertz CT molecular complexity index is 234. The van der Waals surface area contributed by atoms with E-state index in [0.717, 1.165) is 7.11 Å². The molecular formula is C12H23O5Ti-. The SMILES string of the molecule is CC(=O)C=C(C)O.CC(=O)C=C(C)O.CO.[CH3-].[Ti]. The molecule has 6 heteroatoms. The Balaban J connectivity index is -0.0000000500. The van der Waals surface area contributed by atoms with E-state index in [4.69, 9.17) is 15.3 Å². The van der Waals surface area contributed by atoms with E-state index < -0.39 is 0 Å². The Kier molecular flexibility index (Phi) is 36.0. The summed E-state index contributed by atoms with van der Waals surface area (Å²) in [5.74, 6) is -0.125. The average molecular weight is 295 g/mol. The van der Waals surface area contributed by atoms with Crippen molar-refractivity contribution in [3.8, 4) is 0 Å². The molecule has 0 aromatic rings. The molecule has 0 amide bonds. The Morgan fingerprint density at radius 2 is 0.944 bits per heavy atom. The van der Waals surface area contributed by atoms with Crippen LogP contribution in [0.1, 0.15) is 27.7 Å². The van der Waals surface area contributed by atoms with Crippen LogP contribution in [-0.4, -0.2) is 34.0 Å². The van der Waals surface area contributed by atoms with Crippen molar-refractivity contribution in [1.29, 1.82) is 0 Å². The molecule has 0 unspecified atom stereocenters. The summed E-state index contributed by atoms with van der Waals surface area (Å²) in [7, 11) is 1.00. The Morgan fingerprint density at radius 1 is 0.778 bits per heavy atom. The van der Waals surface area contributed by atoms with Gasteiger partial charge in [-0.25, -0.2) is 0 Å². The zero-order valence-electron chi connectivity index (χ0n) is 11.8. The summed E-state index contributed by atoms with van der Waals surface area (Å²) in [4.78, 5) is 20.0. The average Bonchev–Trinajstić information content (AvgIpc) is 2.03. The molecule has 0 saturated carbocycles. The van der Waals surface area contributed by atoms with E-state index in [0.29, 0.717) is 0 Å². The zero-order chi connectivity index (χ0) is 13.7. The molecule has 0 atom stereocenters. The fraction of sp³-hybridized carbons (Fsp3) is 0.417. The van der Waals surface area contributed by atoms with Gasteiger partial charge in [-0.2, -0.15) is 0 Å². The molecule has 0 aliphatic carbocycles. The van der Waals surface area contributed by atoms with Crippen LogP contribution in [0, 0.1) is 7.43 Å². The molecule has 0 bridgehead atoms. The van der Waals surface area contributed by atoms with Gasteiger partial charge in [-0.1, -0.05) is 0 Å². The van der Waals surface area contributed by atoms with Crippen LogP contribution >= 0.6 is 0 Å². The maximum Gasteiger partial charge on any atom is 0.155 e. The second-order valence-electron chi connectivity index (χ2n) is 2.79. The van der Waals surface area contributed by atoms with E-state index in [1.807, 2.05) is 0 Å². The number of carbonyl (C=O) groups excluding carboxylic acids is 2. The predicted octanol–water partition coefficient (Wildman–Crippen LogP) is 2.13. The minimum Gasteiger partial charge on any atom is -0.512 e. The van der Waals surface area contributed by atoms with Crippen LogP contribution in [0.4, 0.5) is 0 Å².